The largest absolute Gasteiger partial charge is 0.456 e. The van der Waals surface area contributed by atoms with Gasteiger partial charge in [-0.05, 0) is 40.8 Å². The number of nitrogens with zero attached hydrogens (tertiary/aromatic N) is 1. The van der Waals surface area contributed by atoms with Crippen LogP contribution in [0, 0.1) is 13.7 Å². The summed E-state index contributed by atoms with van der Waals surface area (Å²) in [4.78, 5) is 10.3. The van der Waals surface area contributed by atoms with Crippen LogP contribution in [0.4, 0.5) is 5.69 Å². The molecule has 98 valence electrons. The van der Waals surface area contributed by atoms with Gasteiger partial charge in [0.1, 0.15) is 11.5 Å². The van der Waals surface area contributed by atoms with Crippen LogP contribution in [0.5, 0.6) is 11.5 Å². The Hall–Kier alpha value is -1.15. The number of benzene rings is 2. The summed E-state index contributed by atoms with van der Waals surface area (Å²) in [6, 6.07) is 12.2. The first-order valence-electron chi connectivity index (χ1n) is 5.37. The van der Waals surface area contributed by atoms with Crippen molar-refractivity contribution in [2.45, 2.75) is 5.33 Å². The Balaban J connectivity index is 2.35. The molecule has 4 nitrogen and oxygen atoms in total. The molecule has 0 spiro atoms. The summed E-state index contributed by atoms with van der Waals surface area (Å²) in [6.07, 6.45) is 0. The zero-order valence-electron chi connectivity index (χ0n) is 9.68. The number of non-ortho nitro benzene ring substituents is 1. The molecule has 0 atom stereocenters. The first kappa shape index (κ1) is 14.3. The van der Waals surface area contributed by atoms with Crippen molar-refractivity contribution in [3.05, 3.63) is 61.7 Å². The lowest BCUT2D eigenvalue weighted by molar-refractivity contribution is -0.384. The van der Waals surface area contributed by atoms with Crippen LogP contribution >= 0.6 is 38.5 Å². The first-order valence-corrected chi connectivity index (χ1v) is 7.57. The van der Waals surface area contributed by atoms with Gasteiger partial charge in [0.15, 0.2) is 0 Å². The number of rotatable bonds is 4. The number of halogens is 2. The fourth-order valence-corrected chi connectivity index (χ4v) is 2.47. The van der Waals surface area contributed by atoms with Crippen molar-refractivity contribution in [1.29, 1.82) is 0 Å². The fourth-order valence-electron chi connectivity index (χ4n) is 1.53. The van der Waals surface area contributed by atoms with Crippen LogP contribution in [-0.4, -0.2) is 4.92 Å². The predicted molar refractivity (Wildman–Crippen MR) is 85.0 cm³/mol. The van der Waals surface area contributed by atoms with Gasteiger partial charge in [0, 0.05) is 23.0 Å². The number of ether oxygens (including phenoxy) is 1. The van der Waals surface area contributed by atoms with Crippen molar-refractivity contribution in [2.24, 2.45) is 0 Å². The van der Waals surface area contributed by atoms with E-state index in [0.717, 1.165) is 14.9 Å². The molecule has 6 heteroatoms. The summed E-state index contributed by atoms with van der Waals surface area (Å²) in [5, 5.41) is 11.2. The van der Waals surface area contributed by atoms with E-state index >= 15 is 0 Å². The zero-order valence-corrected chi connectivity index (χ0v) is 13.4. The highest BCUT2D eigenvalue weighted by atomic mass is 127. The number of hydrogen-bond donors (Lipinski definition) is 0. The molecule has 0 N–H and O–H groups in total. The standard InChI is InChI=1S/C13H9BrINO3/c14-8-9-7-10(16(17)18)5-6-12(9)19-13-4-2-1-3-11(13)15/h1-7H,8H2. The van der Waals surface area contributed by atoms with Crippen molar-refractivity contribution < 1.29 is 9.66 Å². The third-order valence-electron chi connectivity index (χ3n) is 2.46. The van der Waals surface area contributed by atoms with Crippen molar-refractivity contribution in [3.63, 3.8) is 0 Å². The Labute approximate surface area is 132 Å². The van der Waals surface area contributed by atoms with Gasteiger partial charge in [-0.2, -0.15) is 0 Å². The Morgan fingerprint density at radius 2 is 1.95 bits per heavy atom. The van der Waals surface area contributed by atoms with E-state index in [1.807, 2.05) is 24.3 Å². The van der Waals surface area contributed by atoms with Crippen molar-refractivity contribution in [2.75, 3.05) is 0 Å². The second-order valence-corrected chi connectivity index (χ2v) is 5.44. The van der Waals surface area contributed by atoms with E-state index in [-0.39, 0.29) is 5.69 Å². The Morgan fingerprint density at radius 3 is 2.58 bits per heavy atom. The molecule has 2 aromatic carbocycles. The van der Waals surface area contributed by atoms with E-state index in [4.69, 9.17) is 4.74 Å². The van der Waals surface area contributed by atoms with Crippen LogP contribution in [-0.2, 0) is 5.33 Å². The quantitative estimate of drug-likeness (QED) is 0.298. The van der Waals surface area contributed by atoms with Gasteiger partial charge in [0.05, 0.1) is 8.49 Å². The predicted octanol–water partition coefficient (Wildman–Crippen LogP) is 4.89. The molecular formula is C13H9BrINO3. The van der Waals surface area contributed by atoms with Crippen LogP contribution in [0.2, 0.25) is 0 Å². The third kappa shape index (κ3) is 3.44. The van der Waals surface area contributed by atoms with Gasteiger partial charge in [-0.25, -0.2) is 0 Å². The molecule has 0 aromatic heterocycles. The maximum atomic E-state index is 10.7. The summed E-state index contributed by atoms with van der Waals surface area (Å²) in [5.41, 5.74) is 0.804. The topological polar surface area (TPSA) is 52.4 Å². The number of para-hydroxylation sites is 1. The molecule has 0 aliphatic carbocycles. The minimum Gasteiger partial charge on any atom is -0.456 e. The summed E-state index contributed by atoms with van der Waals surface area (Å²) in [6.45, 7) is 0. The van der Waals surface area contributed by atoms with Crippen LogP contribution in [0.3, 0.4) is 0 Å². The van der Waals surface area contributed by atoms with Gasteiger partial charge in [-0.1, -0.05) is 28.1 Å². The summed E-state index contributed by atoms with van der Waals surface area (Å²) >= 11 is 5.50. The SMILES string of the molecule is O=[N+]([O-])c1ccc(Oc2ccccc2I)c(CBr)c1. The normalized spacial score (nSPS) is 10.2. The number of hydrogen-bond acceptors (Lipinski definition) is 3. The van der Waals surface area contributed by atoms with Gasteiger partial charge in [0.25, 0.3) is 5.69 Å². The molecule has 0 radical (unpaired) electrons. The van der Waals surface area contributed by atoms with E-state index in [2.05, 4.69) is 38.5 Å². The molecule has 0 aliphatic heterocycles. The van der Waals surface area contributed by atoms with Crippen molar-refractivity contribution in [1.82, 2.24) is 0 Å². The summed E-state index contributed by atoms with van der Waals surface area (Å²) in [5.74, 6) is 1.35. The molecule has 0 fully saturated rings. The first-order chi connectivity index (χ1) is 9.11. The minimum atomic E-state index is -0.414. The lowest BCUT2D eigenvalue weighted by atomic mass is 10.2. The highest BCUT2D eigenvalue weighted by molar-refractivity contribution is 14.1. The highest BCUT2D eigenvalue weighted by Crippen LogP contribution is 2.32. The second kappa shape index (κ2) is 6.33. The summed E-state index contributed by atoms with van der Waals surface area (Å²) in [7, 11) is 0. The average molecular weight is 434 g/mol. The molecule has 0 heterocycles. The Morgan fingerprint density at radius 1 is 1.21 bits per heavy atom. The van der Waals surface area contributed by atoms with E-state index in [1.54, 1.807) is 6.07 Å². The van der Waals surface area contributed by atoms with E-state index < -0.39 is 4.92 Å². The van der Waals surface area contributed by atoms with E-state index in [1.165, 1.54) is 12.1 Å². The van der Waals surface area contributed by atoms with Crippen LogP contribution < -0.4 is 4.74 Å². The minimum absolute atomic E-state index is 0.0598. The second-order valence-electron chi connectivity index (χ2n) is 3.72. The maximum Gasteiger partial charge on any atom is 0.270 e. The molecule has 2 aromatic rings. The van der Waals surface area contributed by atoms with Gasteiger partial charge < -0.3 is 4.74 Å². The average Bonchev–Trinajstić information content (AvgIpc) is 2.41. The number of nitro benzene ring substituents is 1. The molecule has 0 amide bonds. The molecular weight excluding hydrogens is 425 g/mol. The third-order valence-corrected chi connectivity index (χ3v) is 3.95. The molecule has 0 saturated heterocycles. The monoisotopic (exact) mass is 433 g/mol. The lowest BCUT2D eigenvalue weighted by Gasteiger charge is -2.10. The highest BCUT2D eigenvalue weighted by Gasteiger charge is 2.12. The van der Waals surface area contributed by atoms with Gasteiger partial charge in [-0.15, -0.1) is 0 Å². The molecule has 0 aliphatic rings. The van der Waals surface area contributed by atoms with Crippen LogP contribution in [0.25, 0.3) is 0 Å². The molecule has 0 saturated carbocycles. The fraction of sp³-hybridized carbons (Fsp3) is 0.0769. The molecule has 2 rings (SSSR count). The van der Waals surface area contributed by atoms with E-state index in [0.29, 0.717) is 11.1 Å². The van der Waals surface area contributed by atoms with Gasteiger partial charge >= 0.3 is 0 Å². The zero-order chi connectivity index (χ0) is 13.8. The van der Waals surface area contributed by atoms with Crippen molar-refractivity contribution in [3.8, 4) is 11.5 Å². The smallest absolute Gasteiger partial charge is 0.270 e. The van der Waals surface area contributed by atoms with Crippen LogP contribution in [0.15, 0.2) is 42.5 Å². The number of nitro groups is 1. The molecule has 0 bridgehead atoms. The molecule has 0 unspecified atom stereocenters. The molecule has 19 heavy (non-hydrogen) atoms. The van der Waals surface area contributed by atoms with Crippen LogP contribution in [0.1, 0.15) is 5.56 Å². The van der Waals surface area contributed by atoms with Gasteiger partial charge in [-0.3, -0.25) is 10.1 Å². The Bertz CT molecular complexity index is 619. The Kier molecular flexibility index (Phi) is 4.76. The van der Waals surface area contributed by atoms with Crippen molar-refractivity contribution >= 4 is 44.2 Å². The number of alkyl halides is 1. The lowest BCUT2D eigenvalue weighted by Crippen LogP contribution is -1.94. The van der Waals surface area contributed by atoms with Gasteiger partial charge in [0.2, 0.25) is 0 Å². The van der Waals surface area contributed by atoms with E-state index in [9.17, 15) is 10.1 Å². The maximum absolute atomic E-state index is 10.7. The summed E-state index contributed by atoms with van der Waals surface area (Å²) < 4.78 is 6.79.